The molecule has 31 heavy (non-hydrogen) atoms. The standard InChI is InChI=1S/C21H30N2O7S/c1-15(21(25)23-16-6-3-2-4-7-16)30-20(24)10-11-22-31(26,27)17-8-9-18-19(14-17)29-13-5-12-28-18/h8-9,14-16,22H,2-7,10-13H2,1H3,(H,23,25)/t15-/m0/s1. The number of benzene rings is 1. The minimum absolute atomic E-state index is 0.0188. The van der Waals surface area contributed by atoms with Crippen LogP contribution in [-0.4, -0.2) is 52.2 Å². The van der Waals surface area contributed by atoms with Crippen LogP contribution in [0.3, 0.4) is 0 Å². The molecular formula is C21H30N2O7S. The lowest BCUT2D eigenvalue weighted by Gasteiger charge is -2.24. The van der Waals surface area contributed by atoms with Gasteiger partial charge >= 0.3 is 5.97 Å². The molecule has 0 spiro atoms. The van der Waals surface area contributed by atoms with Crippen molar-refractivity contribution in [1.29, 1.82) is 0 Å². The van der Waals surface area contributed by atoms with E-state index in [1.807, 2.05) is 0 Å². The molecule has 2 aliphatic rings. The molecule has 1 aromatic carbocycles. The van der Waals surface area contributed by atoms with Gasteiger partial charge in [-0.15, -0.1) is 0 Å². The first-order chi connectivity index (χ1) is 14.8. The molecule has 0 aromatic heterocycles. The van der Waals surface area contributed by atoms with Gasteiger partial charge in [0.25, 0.3) is 5.91 Å². The third-order valence-electron chi connectivity index (χ3n) is 5.28. The number of amides is 1. The number of nitrogens with one attached hydrogen (secondary N) is 2. The van der Waals surface area contributed by atoms with Gasteiger partial charge in [-0.25, -0.2) is 13.1 Å². The van der Waals surface area contributed by atoms with Gasteiger partial charge in [0.05, 0.1) is 24.5 Å². The predicted octanol–water partition coefficient (Wildman–Crippen LogP) is 1.90. The molecule has 1 aromatic rings. The summed E-state index contributed by atoms with van der Waals surface area (Å²) in [5.41, 5.74) is 0. The zero-order chi connectivity index (χ0) is 22.3. The van der Waals surface area contributed by atoms with Gasteiger partial charge in [0, 0.05) is 25.1 Å². The summed E-state index contributed by atoms with van der Waals surface area (Å²) in [6, 6.07) is 4.51. The molecule has 10 heteroatoms. The van der Waals surface area contributed by atoms with Gasteiger partial charge in [0.2, 0.25) is 10.0 Å². The summed E-state index contributed by atoms with van der Waals surface area (Å²) in [6.45, 7) is 2.32. The van der Waals surface area contributed by atoms with E-state index in [-0.39, 0.29) is 29.8 Å². The summed E-state index contributed by atoms with van der Waals surface area (Å²) in [6.07, 6.45) is 4.83. The highest BCUT2D eigenvalue weighted by Gasteiger charge is 2.23. The van der Waals surface area contributed by atoms with Crippen LogP contribution in [0, 0.1) is 0 Å². The molecule has 9 nitrogen and oxygen atoms in total. The molecule has 1 atom stereocenters. The fourth-order valence-electron chi connectivity index (χ4n) is 3.56. The average molecular weight is 455 g/mol. The van der Waals surface area contributed by atoms with Crippen LogP contribution in [0.25, 0.3) is 0 Å². The second-order valence-corrected chi connectivity index (χ2v) is 9.55. The highest BCUT2D eigenvalue weighted by atomic mass is 32.2. The summed E-state index contributed by atoms with van der Waals surface area (Å²) in [4.78, 5) is 24.2. The maximum atomic E-state index is 12.5. The molecule has 1 aliphatic heterocycles. The molecule has 1 aliphatic carbocycles. The smallest absolute Gasteiger partial charge is 0.307 e. The van der Waals surface area contributed by atoms with E-state index >= 15 is 0 Å². The minimum atomic E-state index is -3.84. The zero-order valence-corrected chi connectivity index (χ0v) is 18.5. The molecule has 172 valence electrons. The van der Waals surface area contributed by atoms with E-state index in [9.17, 15) is 18.0 Å². The molecule has 1 heterocycles. The van der Waals surface area contributed by atoms with Crippen molar-refractivity contribution < 1.29 is 32.2 Å². The lowest BCUT2D eigenvalue weighted by atomic mass is 9.95. The molecule has 0 saturated heterocycles. The Morgan fingerprint density at radius 2 is 1.81 bits per heavy atom. The Balaban J connectivity index is 1.44. The van der Waals surface area contributed by atoms with E-state index in [0.29, 0.717) is 31.1 Å². The van der Waals surface area contributed by atoms with Gasteiger partial charge in [-0.1, -0.05) is 19.3 Å². The fraction of sp³-hybridized carbons (Fsp3) is 0.619. The maximum absolute atomic E-state index is 12.5. The van der Waals surface area contributed by atoms with Crippen LogP contribution in [-0.2, 0) is 24.3 Å². The number of hydrogen-bond donors (Lipinski definition) is 2. The Hall–Kier alpha value is -2.33. The molecule has 2 N–H and O–H groups in total. The third kappa shape index (κ3) is 6.83. The average Bonchev–Trinajstić information content (AvgIpc) is 2.99. The first-order valence-electron chi connectivity index (χ1n) is 10.7. The number of ether oxygens (including phenoxy) is 3. The largest absolute Gasteiger partial charge is 0.490 e. The third-order valence-corrected chi connectivity index (χ3v) is 6.74. The van der Waals surface area contributed by atoms with Crippen molar-refractivity contribution >= 4 is 21.9 Å². The van der Waals surface area contributed by atoms with Crippen LogP contribution in [0.2, 0.25) is 0 Å². The molecule has 1 saturated carbocycles. The quantitative estimate of drug-likeness (QED) is 0.576. The van der Waals surface area contributed by atoms with E-state index < -0.39 is 22.1 Å². The topological polar surface area (TPSA) is 120 Å². The van der Waals surface area contributed by atoms with Crippen molar-refractivity contribution in [3.8, 4) is 11.5 Å². The van der Waals surface area contributed by atoms with E-state index in [1.54, 1.807) is 6.07 Å². The van der Waals surface area contributed by atoms with E-state index in [1.165, 1.54) is 25.5 Å². The normalized spacial score (nSPS) is 18.0. The molecule has 1 amide bonds. The Bertz CT molecular complexity index is 882. The van der Waals surface area contributed by atoms with Crippen LogP contribution in [0.15, 0.2) is 23.1 Å². The van der Waals surface area contributed by atoms with Gasteiger partial charge in [-0.2, -0.15) is 0 Å². The molecule has 0 unspecified atom stereocenters. The first-order valence-corrected chi connectivity index (χ1v) is 12.2. The number of fused-ring (bicyclic) bond motifs is 1. The highest BCUT2D eigenvalue weighted by molar-refractivity contribution is 7.89. The summed E-state index contributed by atoms with van der Waals surface area (Å²) in [5, 5.41) is 2.91. The fourth-order valence-corrected chi connectivity index (χ4v) is 4.60. The van der Waals surface area contributed by atoms with Crippen molar-refractivity contribution in [3.63, 3.8) is 0 Å². The van der Waals surface area contributed by atoms with Crippen molar-refractivity contribution in [2.45, 2.75) is 68.9 Å². The Kier molecular flexibility index (Phi) is 8.14. The number of rotatable bonds is 8. The van der Waals surface area contributed by atoms with Crippen molar-refractivity contribution in [1.82, 2.24) is 10.0 Å². The molecule has 0 radical (unpaired) electrons. The van der Waals surface area contributed by atoms with Gasteiger partial charge in [-0.05, 0) is 31.9 Å². The monoisotopic (exact) mass is 454 g/mol. The highest BCUT2D eigenvalue weighted by Crippen LogP contribution is 2.31. The Labute approximate surface area is 182 Å². The van der Waals surface area contributed by atoms with Crippen molar-refractivity contribution in [2.24, 2.45) is 0 Å². The lowest BCUT2D eigenvalue weighted by molar-refractivity contribution is -0.155. The van der Waals surface area contributed by atoms with Gasteiger partial charge in [-0.3, -0.25) is 9.59 Å². The van der Waals surface area contributed by atoms with Crippen molar-refractivity contribution in [3.05, 3.63) is 18.2 Å². The lowest BCUT2D eigenvalue weighted by Crippen LogP contribution is -2.43. The van der Waals surface area contributed by atoms with Gasteiger partial charge in [0.15, 0.2) is 17.6 Å². The van der Waals surface area contributed by atoms with Crippen LogP contribution in [0.1, 0.15) is 51.9 Å². The predicted molar refractivity (Wildman–Crippen MR) is 112 cm³/mol. The number of carbonyl (C=O) groups is 2. The summed E-state index contributed by atoms with van der Waals surface area (Å²) in [5.74, 6) is -0.0983. The molecule has 1 fully saturated rings. The zero-order valence-electron chi connectivity index (χ0n) is 17.7. The summed E-state index contributed by atoms with van der Waals surface area (Å²) >= 11 is 0. The van der Waals surface area contributed by atoms with E-state index in [4.69, 9.17) is 14.2 Å². The van der Waals surface area contributed by atoms with Crippen LogP contribution < -0.4 is 19.5 Å². The first kappa shape index (κ1) is 23.3. The number of sulfonamides is 1. The van der Waals surface area contributed by atoms with Crippen LogP contribution >= 0.6 is 0 Å². The number of carbonyl (C=O) groups excluding carboxylic acids is 2. The second kappa shape index (κ2) is 10.8. The minimum Gasteiger partial charge on any atom is -0.490 e. The van der Waals surface area contributed by atoms with E-state index in [2.05, 4.69) is 10.0 Å². The van der Waals surface area contributed by atoms with E-state index in [0.717, 1.165) is 25.7 Å². The van der Waals surface area contributed by atoms with Crippen LogP contribution in [0.5, 0.6) is 11.5 Å². The summed E-state index contributed by atoms with van der Waals surface area (Å²) < 4.78 is 43.6. The number of hydrogen-bond acceptors (Lipinski definition) is 7. The molecule has 0 bridgehead atoms. The maximum Gasteiger partial charge on any atom is 0.307 e. The SMILES string of the molecule is C[C@H](OC(=O)CCNS(=O)(=O)c1ccc2c(c1)OCCCO2)C(=O)NC1CCCCC1. The van der Waals surface area contributed by atoms with Gasteiger partial charge in [0.1, 0.15) is 0 Å². The summed E-state index contributed by atoms with van der Waals surface area (Å²) in [7, 11) is -3.84. The Morgan fingerprint density at radius 1 is 1.10 bits per heavy atom. The van der Waals surface area contributed by atoms with Crippen LogP contribution in [0.4, 0.5) is 0 Å². The molecule has 3 rings (SSSR count). The Morgan fingerprint density at radius 3 is 2.55 bits per heavy atom. The number of esters is 1. The molecular weight excluding hydrogens is 424 g/mol. The second-order valence-electron chi connectivity index (χ2n) is 7.78. The van der Waals surface area contributed by atoms with Gasteiger partial charge < -0.3 is 19.5 Å². The van der Waals surface area contributed by atoms with Crippen molar-refractivity contribution in [2.75, 3.05) is 19.8 Å².